The van der Waals surface area contributed by atoms with Gasteiger partial charge in [-0.3, -0.25) is 9.48 Å². The summed E-state index contributed by atoms with van der Waals surface area (Å²) in [4.78, 5) is 19.0. The maximum Gasteiger partial charge on any atom is 0.251 e. The number of nitrogens with zero attached hydrogens (tertiary/aromatic N) is 4. The van der Waals surface area contributed by atoms with E-state index in [0.29, 0.717) is 12.0 Å². The van der Waals surface area contributed by atoms with Gasteiger partial charge in [0, 0.05) is 31.8 Å². The summed E-state index contributed by atoms with van der Waals surface area (Å²) in [7, 11) is 0. The molecule has 2 aromatic rings. The summed E-state index contributed by atoms with van der Waals surface area (Å²) in [5, 5.41) is 7.39. The molecule has 1 amide bonds. The summed E-state index contributed by atoms with van der Waals surface area (Å²) in [6.45, 7) is 1.54. The molecule has 0 atom stereocenters. The summed E-state index contributed by atoms with van der Waals surface area (Å²) >= 11 is 0. The average molecular weight is 288 g/mol. The molecule has 1 aliphatic rings. The third-order valence-electron chi connectivity index (χ3n) is 3.36. The zero-order valence-electron chi connectivity index (χ0n) is 11.4. The molecule has 1 saturated heterocycles. The van der Waals surface area contributed by atoms with Gasteiger partial charge in [0.15, 0.2) is 0 Å². The molecule has 1 aliphatic heterocycles. The van der Waals surface area contributed by atoms with Gasteiger partial charge in [-0.2, -0.15) is 5.10 Å². The Balaban J connectivity index is 1.67. The predicted octanol–water partition coefficient (Wildman–Crippen LogP) is 0.867. The van der Waals surface area contributed by atoms with Crippen molar-refractivity contribution in [1.82, 2.24) is 19.7 Å². The highest BCUT2D eigenvalue weighted by atomic mass is 16.5. The van der Waals surface area contributed by atoms with Gasteiger partial charge in [-0.05, 0) is 12.8 Å². The van der Waals surface area contributed by atoms with Gasteiger partial charge in [-0.25, -0.2) is 9.97 Å². The van der Waals surface area contributed by atoms with Crippen molar-refractivity contribution in [3.63, 3.8) is 0 Å². The van der Waals surface area contributed by atoms with Crippen LogP contribution in [0, 0.1) is 0 Å². The topological polar surface area (TPSA) is 108 Å². The number of hydrogen-bond acceptors (Lipinski definition) is 6. The summed E-state index contributed by atoms with van der Waals surface area (Å²) in [6.07, 6.45) is 8.35. The molecule has 110 valence electrons. The van der Waals surface area contributed by atoms with Crippen LogP contribution >= 0.6 is 0 Å². The number of anilines is 2. The lowest BCUT2D eigenvalue weighted by Crippen LogP contribution is -2.19. The number of ether oxygens (including phenoxy) is 1. The quantitative estimate of drug-likeness (QED) is 0.864. The normalized spacial score (nSPS) is 15.8. The van der Waals surface area contributed by atoms with Crippen LogP contribution < -0.4 is 11.1 Å². The van der Waals surface area contributed by atoms with Crippen LogP contribution in [-0.2, 0) is 4.74 Å². The van der Waals surface area contributed by atoms with E-state index in [0.717, 1.165) is 31.7 Å². The van der Waals surface area contributed by atoms with Crippen molar-refractivity contribution in [2.75, 3.05) is 18.5 Å². The minimum atomic E-state index is -0.547. The van der Waals surface area contributed by atoms with E-state index >= 15 is 0 Å². The highest BCUT2D eigenvalue weighted by Crippen LogP contribution is 2.22. The van der Waals surface area contributed by atoms with Gasteiger partial charge in [0.1, 0.15) is 0 Å². The third kappa shape index (κ3) is 3.16. The molecular formula is C13H16N6O2. The number of rotatable bonds is 4. The molecule has 2 aromatic heterocycles. The second-order valence-corrected chi connectivity index (χ2v) is 4.84. The van der Waals surface area contributed by atoms with Gasteiger partial charge < -0.3 is 15.8 Å². The Morgan fingerprint density at radius 1 is 1.29 bits per heavy atom. The maximum atomic E-state index is 10.9. The standard InChI is InChI=1S/C13H16N6O2/c14-12(20)9-5-15-13(16-6-9)18-10-7-17-19(8-10)11-1-3-21-4-2-11/h5-8,11H,1-4H2,(H2,14,20)(H,15,16,18). The number of nitrogens with two attached hydrogens (primary N) is 1. The van der Waals surface area contributed by atoms with Gasteiger partial charge in [-0.15, -0.1) is 0 Å². The Labute approximate surface area is 121 Å². The fourth-order valence-electron chi connectivity index (χ4n) is 2.20. The van der Waals surface area contributed by atoms with E-state index in [1.807, 2.05) is 10.9 Å². The van der Waals surface area contributed by atoms with Crippen LogP contribution in [-0.4, -0.2) is 38.9 Å². The Morgan fingerprint density at radius 2 is 2.00 bits per heavy atom. The Bertz CT molecular complexity index is 618. The highest BCUT2D eigenvalue weighted by molar-refractivity contribution is 5.92. The fourth-order valence-corrected chi connectivity index (χ4v) is 2.20. The molecule has 1 fully saturated rings. The maximum absolute atomic E-state index is 10.9. The number of aromatic nitrogens is 4. The lowest BCUT2D eigenvalue weighted by molar-refractivity contribution is 0.0662. The largest absolute Gasteiger partial charge is 0.381 e. The minimum absolute atomic E-state index is 0.276. The molecule has 3 rings (SSSR count). The van der Waals surface area contributed by atoms with Crippen molar-refractivity contribution >= 4 is 17.5 Å². The molecule has 0 saturated carbocycles. The smallest absolute Gasteiger partial charge is 0.251 e. The predicted molar refractivity (Wildman–Crippen MR) is 75.1 cm³/mol. The Hall–Kier alpha value is -2.48. The molecule has 8 heteroatoms. The first-order valence-electron chi connectivity index (χ1n) is 6.73. The van der Waals surface area contributed by atoms with Crippen LogP contribution in [0.15, 0.2) is 24.8 Å². The third-order valence-corrected chi connectivity index (χ3v) is 3.36. The van der Waals surface area contributed by atoms with Gasteiger partial charge >= 0.3 is 0 Å². The molecule has 0 aliphatic carbocycles. The van der Waals surface area contributed by atoms with Crippen molar-refractivity contribution in [2.45, 2.75) is 18.9 Å². The number of hydrogen-bond donors (Lipinski definition) is 2. The fraction of sp³-hybridized carbons (Fsp3) is 0.385. The van der Waals surface area contributed by atoms with E-state index in [1.54, 1.807) is 6.20 Å². The molecule has 0 bridgehead atoms. The van der Waals surface area contributed by atoms with Crippen molar-refractivity contribution in [3.8, 4) is 0 Å². The molecule has 8 nitrogen and oxygen atoms in total. The summed E-state index contributed by atoms with van der Waals surface area (Å²) in [5.74, 6) is -0.152. The molecule has 0 aromatic carbocycles. The van der Waals surface area contributed by atoms with Gasteiger partial charge in [0.25, 0.3) is 5.91 Å². The molecule has 0 unspecified atom stereocenters. The average Bonchev–Trinajstić information content (AvgIpc) is 2.97. The number of carbonyl (C=O) groups excluding carboxylic acids is 1. The van der Waals surface area contributed by atoms with Crippen LogP contribution in [0.25, 0.3) is 0 Å². The van der Waals surface area contributed by atoms with Crippen LogP contribution in [0.1, 0.15) is 29.2 Å². The molecule has 0 spiro atoms. The van der Waals surface area contributed by atoms with Crippen molar-refractivity contribution < 1.29 is 9.53 Å². The minimum Gasteiger partial charge on any atom is -0.381 e. The van der Waals surface area contributed by atoms with E-state index in [4.69, 9.17) is 10.5 Å². The molecule has 21 heavy (non-hydrogen) atoms. The highest BCUT2D eigenvalue weighted by Gasteiger charge is 2.16. The first kappa shape index (κ1) is 13.5. The summed E-state index contributed by atoms with van der Waals surface area (Å²) in [6, 6.07) is 0.368. The van der Waals surface area contributed by atoms with Gasteiger partial charge in [-0.1, -0.05) is 0 Å². The lowest BCUT2D eigenvalue weighted by Gasteiger charge is -2.22. The van der Waals surface area contributed by atoms with E-state index < -0.39 is 5.91 Å². The second-order valence-electron chi connectivity index (χ2n) is 4.84. The molecule has 0 radical (unpaired) electrons. The van der Waals surface area contributed by atoms with Gasteiger partial charge in [0.05, 0.1) is 23.5 Å². The molecule has 3 N–H and O–H groups in total. The van der Waals surface area contributed by atoms with Crippen LogP contribution in [0.5, 0.6) is 0 Å². The Morgan fingerprint density at radius 3 is 2.67 bits per heavy atom. The second kappa shape index (κ2) is 5.88. The number of carbonyl (C=O) groups is 1. The number of amides is 1. The number of nitrogens with one attached hydrogen (secondary N) is 1. The Kier molecular flexibility index (Phi) is 3.78. The van der Waals surface area contributed by atoms with E-state index in [9.17, 15) is 4.79 Å². The lowest BCUT2D eigenvalue weighted by atomic mass is 10.1. The van der Waals surface area contributed by atoms with Crippen molar-refractivity contribution in [2.24, 2.45) is 5.73 Å². The zero-order valence-corrected chi connectivity index (χ0v) is 11.4. The van der Waals surface area contributed by atoms with E-state index in [1.165, 1.54) is 12.4 Å². The SMILES string of the molecule is NC(=O)c1cnc(Nc2cnn(C3CCOCC3)c2)nc1. The van der Waals surface area contributed by atoms with Crippen molar-refractivity contribution in [1.29, 1.82) is 0 Å². The van der Waals surface area contributed by atoms with E-state index in [2.05, 4.69) is 20.4 Å². The van der Waals surface area contributed by atoms with Crippen LogP contribution in [0.3, 0.4) is 0 Å². The molecule has 3 heterocycles. The number of primary amides is 1. The molecular weight excluding hydrogens is 272 g/mol. The first-order chi connectivity index (χ1) is 10.2. The monoisotopic (exact) mass is 288 g/mol. The zero-order chi connectivity index (χ0) is 14.7. The first-order valence-corrected chi connectivity index (χ1v) is 6.73. The van der Waals surface area contributed by atoms with Crippen molar-refractivity contribution in [3.05, 3.63) is 30.4 Å². The summed E-state index contributed by atoms with van der Waals surface area (Å²) in [5.41, 5.74) is 6.22. The van der Waals surface area contributed by atoms with E-state index in [-0.39, 0.29) is 5.56 Å². The van der Waals surface area contributed by atoms with Crippen LogP contribution in [0.2, 0.25) is 0 Å². The van der Waals surface area contributed by atoms with Crippen LogP contribution in [0.4, 0.5) is 11.6 Å². The van der Waals surface area contributed by atoms with Gasteiger partial charge in [0.2, 0.25) is 5.95 Å². The summed E-state index contributed by atoms with van der Waals surface area (Å²) < 4.78 is 7.27.